The number of ether oxygens (including phenoxy) is 2. The maximum Gasteiger partial charge on any atom is 0.241 e. The van der Waals surface area contributed by atoms with Crippen molar-refractivity contribution in [2.45, 2.75) is 25.8 Å². The Bertz CT molecular complexity index is 1220. The molecule has 2 aliphatic rings. The van der Waals surface area contributed by atoms with Crippen molar-refractivity contribution in [2.75, 3.05) is 40.4 Å². The van der Waals surface area contributed by atoms with E-state index in [4.69, 9.17) is 14.0 Å². The second kappa shape index (κ2) is 11.0. The van der Waals surface area contributed by atoms with Crippen LogP contribution in [-0.2, 0) is 11.3 Å². The molecule has 0 bridgehead atoms. The predicted octanol–water partition coefficient (Wildman–Crippen LogP) is 4.28. The minimum atomic E-state index is 0.0814. The Morgan fingerprint density at radius 3 is 2.47 bits per heavy atom. The predicted molar refractivity (Wildman–Crippen MR) is 136 cm³/mol. The number of carbonyl (C=O) groups excluding carboxylic acids is 1. The lowest BCUT2D eigenvalue weighted by molar-refractivity contribution is -0.136. The van der Waals surface area contributed by atoms with Gasteiger partial charge in [-0.2, -0.15) is 4.98 Å². The highest BCUT2D eigenvalue weighted by Crippen LogP contribution is 2.31. The van der Waals surface area contributed by atoms with Crippen LogP contribution in [0.4, 0.5) is 0 Å². The summed E-state index contributed by atoms with van der Waals surface area (Å²) in [5, 5.41) is 4.14. The first-order valence-corrected chi connectivity index (χ1v) is 12.4. The molecule has 8 nitrogen and oxygen atoms in total. The highest BCUT2D eigenvalue weighted by atomic mass is 16.5. The second-order valence-electron chi connectivity index (χ2n) is 9.26. The van der Waals surface area contributed by atoms with Crippen LogP contribution in [0, 0.1) is 5.92 Å². The number of carbonyl (C=O) groups is 1. The summed E-state index contributed by atoms with van der Waals surface area (Å²) in [6.07, 6.45) is 4.81. The molecule has 0 aliphatic carbocycles. The molecule has 36 heavy (non-hydrogen) atoms. The van der Waals surface area contributed by atoms with Crippen LogP contribution in [0.2, 0.25) is 0 Å². The van der Waals surface area contributed by atoms with Gasteiger partial charge in [0, 0.05) is 24.6 Å². The monoisotopic (exact) mass is 488 g/mol. The van der Waals surface area contributed by atoms with Gasteiger partial charge in [-0.25, -0.2) is 0 Å². The van der Waals surface area contributed by atoms with Crippen LogP contribution < -0.4 is 9.47 Å². The van der Waals surface area contributed by atoms with Crippen molar-refractivity contribution in [2.24, 2.45) is 5.92 Å². The number of piperidine rings is 1. The topological polar surface area (TPSA) is 80.9 Å². The lowest BCUT2D eigenvalue weighted by Gasteiger charge is -2.34. The van der Waals surface area contributed by atoms with Crippen molar-refractivity contribution in [3.05, 3.63) is 66.1 Å². The van der Waals surface area contributed by atoms with Crippen LogP contribution in [0.1, 0.15) is 30.7 Å². The van der Waals surface area contributed by atoms with Gasteiger partial charge < -0.3 is 18.9 Å². The number of hydrogen-bond acceptors (Lipinski definition) is 7. The smallest absolute Gasteiger partial charge is 0.241 e. The fraction of sp³-hybridized carbons (Fsp3) is 0.393. The van der Waals surface area contributed by atoms with Gasteiger partial charge in [-0.3, -0.25) is 9.69 Å². The molecule has 0 atom stereocenters. The van der Waals surface area contributed by atoms with Gasteiger partial charge in [-0.1, -0.05) is 41.6 Å². The summed E-state index contributed by atoms with van der Waals surface area (Å²) in [6, 6.07) is 16.0. The lowest BCUT2D eigenvalue weighted by atomic mass is 9.93. The number of benzene rings is 2. The minimum Gasteiger partial charge on any atom is -0.493 e. The van der Waals surface area contributed by atoms with Gasteiger partial charge in [0.25, 0.3) is 0 Å². The van der Waals surface area contributed by atoms with Crippen LogP contribution in [0.25, 0.3) is 17.0 Å². The number of methoxy groups -OCH3 is 2. The first-order valence-electron chi connectivity index (χ1n) is 12.4. The third-order valence-electron chi connectivity index (χ3n) is 7.07. The van der Waals surface area contributed by atoms with E-state index in [2.05, 4.69) is 45.4 Å². The van der Waals surface area contributed by atoms with E-state index in [-0.39, 0.29) is 11.8 Å². The Kier molecular flexibility index (Phi) is 7.32. The quantitative estimate of drug-likeness (QED) is 0.491. The van der Waals surface area contributed by atoms with Crippen LogP contribution >= 0.6 is 0 Å². The minimum absolute atomic E-state index is 0.0814. The van der Waals surface area contributed by atoms with Gasteiger partial charge in [0.15, 0.2) is 11.5 Å². The molecule has 5 rings (SSSR count). The molecular formula is C28H32N4O4. The van der Waals surface area contributed by atoms with Crippen LogP contribution in [-0.4, -0.2) is 66.2 Å². The molecule has 3 heterocycles. The van der Waals surface area contributed by atoms with E-state index in [9.17, 15) is 4.79 Å². The van der Waals surface area contributed by atoms with Crippen molar-refractivity contribution in [3.8, 4) is 22.9 Å². The summed E-state index contributed by atoms with van der Waals surface area (Å²) in [4.78, 5) is 22.0. The standard InChI is InChI=1S/C28H32N4O4/c1-34-24-9-8-23(18-25(24)35-2)27-29-26(36-30-27)19-31-14-10-22(11-15-31)28(33)32-16-12-21(13-17-32)20-6-4-3-5-7-20/h3-9,12,18,22H,10-11,13-17,19H2,1-2H3. The number of aromatic nitrogens is 2. The Morgan fingerprint density at radius 1 is 1.00 bits per heavy atom. The Balaban J connectivity index is 1.13. The molecule has 0 N–H and O–H groups in total. The third-order valence-corrected chi connectivity index (χ3v) is 7.07. The van der Waals surface area contributed by atoms with Gasteiger partial charge in [-0.05, 0) is 61.7 Å². The average Bonchev–Trinajstić information content (AvgIpc) is 3.41. The van der Waals surface area contributed by atoms with E-state index >= 15 is 0 Å². The fourth-order valence-electron chi connectivity index (χ4n) is 4.98. The van der Waals surface area contributed by atoms with E-state index in [0.29, 0.717) is 36.3 Å². The molecule has 1 aromatic heterocycles. The van der Waals surface area contributed by atoms with Gasteiger partial charge in [0.05, 0.1) is 20.8 Å². The first-order chi connectivity index (χ1) is 17.6. The van der Waals surface area contributed by atoms with Crippen LogP contribution in [0.5, 0.6) is 11.5 Å². The Labute approximate surface area is 211 Å². The van der Waals surface area contributed by atoms with Gasteiger partial charge in [0.1, 0.15) is 0 Å². The Hall–Kier alpha value is -3.65. The van der Waals surface area contributed by atoms with E-state index in [1.54, 1.807) is 14.2 Å². The summed E-state index contributed by atoms with van der Waals surface area (Å²) in [6.45, 7) is 3.74. The van der Waals surface area contributed by atoms with Gasteiger partial charge in [0.2, 0.25) is 17.6 Å². The fourth-order valence-corrected chi connectivity index (χ4v) is 4.98. The second-order valence-corrected chi connectivity index (χ2v) is 9.26. The van der Waals surface area contributed by atoms with Crippen molar-refractivity contribution in [1.29, 1.82) is 0 Å². The maximum absolute atomic E-state index is 13.1. The summed E-state index contributed by atoms with van der Waals surface area (Å²) < 4.78 is 16.2. The van der Waals surface area contributed by atoms with Crippen molar-refractivity contribution in [1.82, 2.24) is 19.9 Å². The van der Waals surface area contributed by atoms with Crippen LogP contribution in [0.3, 0.4) is 0 Å². The molecule has 0 radical (unpaired) electrons. The van der Waals surface area contributed by atoms with E-state index in [0.717, 1.165) is 44.5 Å². The number of amides is 1. The largest absolute Gasteiger partial charge is 0.493 e. The highest BCUT2D eigenvalue weighted by Gasteiger charge is 2.30. The van der Waals surface area contributed by atoms with Gasteiger partial charge in [-0.15, -0.1) is 0 Å². The van der Waals surface area contributed by atoms with Crippen molar-refractivity contribution < 1.29 is 18.8 Å². The molecular weight excluding hydrogens is 456 g/mol. The van der Waals surface area contributed by atoms with E-state index in [1.807, 2.05) is 29.2 Å². The molecule has 1 fully saturated rings. The molecule has 8 heteroatoms. The van der Waals surface area contributed by atoms with E-state index in [1.165, 1.54) is 11.1 Å². The van der Waals surface area contributed by atoms with Crippen molar-refractivity contribution in [3.63, 3.8) is 0 Å². The highest BCUT2D eigenvalue weighted by molar-refractivity contribution is 5.80. The molecule has 0 unspecified atom stereocenters. The molecule has 0 saturated carbocycles. The zero-order chi connectivity index (χ0) is 24.9. The summed E-state index contributed by atoms with van der Waals surface area (Å²) in [7, 11) is 3.20. The molecule has 2 aliphatic heterocycles. The number of rotatable bonds is 7. The maximum atomic E-state index is 13.1. The van der Waals surface area contributed by atoms with Gasteiger partial charge >= 0.3 is 0 Å². The number of hydrogen-bond donors (Lipinski definition) is 0. The average molecular weight is 489 g/mol. The summed E-state index contributed by atoms with van der Waals surface area (Å²) in [5.41, 5.74) is 3.40. The summed E-state index contributed by atoms with van der Waals surface area (Å²) >= 11 is 0. The zero-order valence-electron chi connectivity index (χ0n) is 20.9. The third kappa shape index (κ3) is 5.28. The molecule has 1 amide bonds. The first kappa shape index (κ1) is 24.1. The SMILES string of the molecule is COc1ccc(-c2noc(CN3CCC(C(=O)N4CC=C(c5ccccc5)CC4)CC3)n2)cc1OC. The number of likely N-dealkylation sites (tertiary alicyclic amines) is 1. The Morgan fingerprint density at radius 2 is 1.78 bits per heavy atom. The lowest BCUT2D eigenvalue weighted by Crippen LogP contribution is -2.43. The molecule has 188 valence electrons. The molecule has 2 aromatic carbocycles. The zero-order valence-corrected chi connectivity index (χ0v) is 20.9. The molecule has 3 aromatic rings. The molecule has 1 saturated heterocycles. The number of nitrogens with zero attached hydrogens (tertiary/aromatic N) is 4. The molecule has 0 spiro atoms. The van der Waals surface area contributed by atoms with Crippen LogP contribution in [0.15, 0.2) is 59.1 Å². The van der Waals surface area contributed by atoms with E-state index < -0.39 is 0 Å². The summed E-state index contributed by atoms with van der Waals surface area (Å²) in [5.74, 6) is 2.72. The van der Waals surface area contributed by atoms with Crippen molar-refractivity contribution >= 4 is 11.5 Å². The normalized spacial score (nSPS) is 17.1.